The van der Waals surface area contributed by atoms with Crippen molar-refractivity contribution in [3.63, 3.8) is 0 Å². The van der Waals surface area contributed by atoms with Gasteiger partial charge in [0.05, 0.1) is 18.4 Å². The number of hydrogen-bond donors (Lipinski definition) is 1. The maximum Gasteiger partial charge on any atom is 0.142 e. The van der Waals surface area contributed by atoms with E-state index in [0.29, 0.717) is 18.4 Å². The van der Waals surface area contributed by atoms with Gasteiger partial charge in [-0.3, -0.25) is 0 Å². The van der Waals surface area contributed by atoms with Crippen LogP contribution >= 0.6 is 0 Å². The van der Waals surface area contributed by atoms with Gasteiger partial charge in [0, 0.05) is 26.7 Å². The maximum absolute atomic E-state index is 5.81. The Balaban J connectivity index is 1.63. The van der Waals surface area contributed by atoms with Crippen molar-refractivity contribution in [1.82, 2.24) is 4.90 Å². The quantitative estimate of drug-likeness (QED) is 0.617. The molecule has 1 heterocycles. The van der Waals surface area contributed by atoms with Gasteiger partial charge in [-0.05, 0) is 25.0 Å². The molecule has 2 N–H and O–H groups in total. The van der Waals surface area contributed by atoms with E-state index in [4.69, 9.17) is 15.2 Å². The summed E-state index contributed by atoms with van der Waals surface area (Å²) in [6, 6.07) is 7.62. The van der Waals surface area contributed by atoms with E-state index in [1.807, 2.05) is 24.3 Å². The fourth-order valence-corrected chi connectivity index (χ4v) is 2.27. The number of nitrogens with zero attached hydrogens (tertiary/aromatic N) is 1. The Morgan fingerprint density at radius 3 is 2.94 bits per heavy atom. The van der Waals surface area contributed by atoms with E-state index in [2.05, 4.69) is 4.90 Å². The molecule has 0 aliphatic carbocycles. The number of nitrogens with two attached hydrogens (primary N) is 1. The Morgan fingerprint density at radius 2 is 2.22 bits per heavy atom. The summed E-state index contributed by atoms with van der Waals surface area (Å²) >= 11 is 0. The van der Waals surface area contributed by atoms with Gasteiger partial charge in [0.25, 0.3) is 0 Å². The first-order chi connectivity index (χ1) is 8.79. The second-order valence-electron chi connectivity index (χ2n) is 4.69. The van der Waals surface area contributed by atoms with Crippen molar-refractivity contribution < 1.29 is 9.47 Å². The van der Waals surface area contributed by atoms with Crippen LogP contribution in [0.5, 0.6) is 5.75 Å². The molecule has 0 amide bonds. The van der Waals surface area contributed by atoms with Crippen LogP contribution in [0.25, 0.3) is 0 Å². The predicted octanol–water partition coefficient (Wildman–Crippen LogP) is 1.76. The second-order valence-corrected chi connectivity index (χ2v) is 4.69. The molecule has 1 saturated heterocycles. The monoisotopic (exact) mass is 250 g/mol. The van der Waals surface area contributed by atoms with E-state index in [9.17, 15) is 0 Å². The molecule has 1 aliphatic rings. The molecule has 1 aromatic rings. The zero-order valence-corrected chi connectivity index (χ0v) is 11.0. The highest BCUT2D eigenvalue weighted by atomic mass is 16.5. The fourth-order valence-electron chi connectivity index (χ4n) is 2.27. The lowest BCUT2D eigenvalue weighted by atomic mass is 10.3. The van der Waals surface area contributed by atoms with Crippen LogP contribution in [0.3, 0.4) is 0 Å². The van der Waals surface area contributed by atoms with Gasteiger partial charge in [-0.25, -0.2) is 0 Å². The minimum atomic E-state index is 0.413. The number of anilines is 1. The zero-order valence-electron chi connectivity index (χ0n) is 11.0. The van der Waals surface area contributed by atoms with Crippen LogP contribution in [0.1, 0.15) is 12.8 Å². The molecule has 18 heavy (non-hydrogen) atoms. The third-order valence-electron chi connectivity index (χ3n) is 3.36. The highest BCUT2D eigenvalue weighted by Gasteiger charge is 2.21. The summed E-state index contributed by atoms with van der Waals surface area (Å²) in [5.74, 6) is 0.786. The van der Waals surface area contributed by atoms with Gasteiger partial charge in [0.15, 0.2) is 0 Å². The Kier molecular flexibility index (Phi) is 4.84. The van der Waals surface area contributed by atoms with Crippen molar-refractivity contribution in [1.29, 1.82) is 0 Å². The van der Waals surface area contributed by atoms with E-state index in [0.717, 1.165) is 38.2 Å². The van der Waals surface area contributed by atoms with Crippen LogP contribution in [0, 0.1) is 0 Å². The average molecular weight is 250 g/mol. The average Bonchev–Trinajstić information content (AvgIpc) is 2.84. The summed E-state index contributed by atoms with van der Waals surface area (Å²) in [6.07, 6.45) is 2.57. The molecular weight excluding hydrogens is 228 g/mol. The van der Waals surface area contributed by atoms with Gasteiger partial charge < -0.3 is 20.1 Å². The number of benzene rings is 1. The summed E-state index contributed by atoms with van der Waals surface area (Å²) in [7, 11) is 1.79. The SMILES string of the molecule is COC1CCN(CCCOc2ccccc2N)C1. The number of likely N-dealkylation sites (tertiary alicyclic amines) is 1. The molecule has 0 spiro atoms. The van der Waals surface area contributed by atoms with Gasteiger partial charge >= 0.3 is 0 Å². The van der Waals surface area contributed by atoms with Gasteiger partial charge in [-0.2, -0.15) is 0 Å². The van der Waals surface area contributed by atoms with Crippen LogP contribution < -0.4 is 10.5 Å². The summed E-state index contributed by atoms with van der Waals surface area (Å²) < 4.78 is 11.0. The lowest BCUT2D eigenvalue weighted by Crippen LogP contribution is -2.25. The Hall–Kier alpha value is -1.26. The summed E-state index contributed by atoms with van der Waals surface area (Å²) in [5, 5.41) is 0. The number of para-hydroxylation sites is 2. The minimum absolute atomic E-state index is 0.413. The second kappa shape index (κ2) is 6.61. The van der Waals surface area contributed by atoms with Gasteiger partial charge in [0.2, 0.25) is 0 Å². The molecule has 1 atom stereocenters. The number of ether oxygens (including phenoxy) is 2. The molecule has 1 unspecified atom stereocenters. The summed E-state index contributed by atoms with van der Waals surface area (Å²) in [4.78, 5) is 2.42. The molecule has 0 aromatic heterocycles. The van der Waals surface area contributed by atoms with Crippen molar-refractivity contribution in [3.8, 4) is 5.75 Å². The summed E-state index contributed by atoms with van der Waals surface area (Å²) in [6.45, 7) is 3.95. The molecule has 4 heteroatoms. The van der Waals surface area contributed by atoms with Crippen molar-refractivity contribution >= 4 is 5.69 Å². The molecule has 0 saturated carbocycles. The van der Waals surface area contributed by atoms with Crippen molar-refractivity contribution in [2.45, 2.75) is 18.9 Å². The van der Waals surface area contributed by atoms with Crippen molar-refractivity contribution in [2.75, 3.05) is 39.1 Å². The standard InChI is InChI=1S/C14H22N2O2/c1-17-12-7-9-16(11-12)8-4-10-18-14-6-3-2-5-13(14)15/h2-3,5-6,12H,4,7-11,15H2,1H3. The first-order valence-electron chi connectivity index (χ1n) is 6.52. The van der Waals surface area contributed by atoms with Gasteiger partial charge in [-0.1, -0.05) is 12.1 Å². The van der Waals surface area contributed by atoms with Crippen LogP contribution in [0.2, 0.25) is 0 Å². The largest absolute Gasteiger partial charge is 0.491 e. The molecule has 1 aromatic carbocycles. The molecule has 4 nitrogen and oxygen atoms in total. The maximum atomic E-state index is 5.81. The van der Waals surface area contributed by atoms with Crippen LogP contribution in [0.15, 0.2) is 24.3 Å². The molecule has 0 radical (unpaired) electrons. The molecule has 1 fully saturated rings. The van der Waals surface area contributed by atoms with E-state index in [1.54, 1.807) is 7.11 Å². The Bertz CT molecular complexity index is 371. The summed E-state index contributed by atoms with van der Waals surface area (Å²) in [5.41, 5.74) is 6.52. The van der Waals surface area contributed by atoms with Gasteiger partial charge in [-0.15, -0.1) is 0 Å². The topological polar surface area (TPSA) is 47.7 Å². The Labute approximate surface area is 109 Å². The predicted molar refractivity (Wildman–Crippen MR) is 72.8 cm³/mol. The van der Waals surface area contributed by atoms with Crippen molar-refractivity contribution in [2.24, 2.45) is 0 Å². The third kappa shape index (κ3) is 3.62. The first-order valence-corrected chi connectivity index (χ1v) is 6.52. The van der Waals surface area contributed by atoms with Crippen LogP contribution in [-0.2, 0) is 4.74 Å². The Morgan fingerprint density at radius 1 is 1.39 bits per heavy atom. The first kappa shape index (κ1) is 13.2. The lowest BCUT2D eigenvalue weighted by molar-refractivity contribution is 0.107. The number of hydrogen-bond acceptors (Lipinski definition) is 4. The lowest BCUT2D eigenvalue weighted by Gasteiger charge is -2.15. The molecule has 0 bridgehead atoms. The number of rotatable bonds is 6. The normalized spacial score (nSPS) is 20.2. The van der Waals surface area contributed by atoms with Gasteiger partial charge in [0.1, 0.15) is 5.75 Å². The highest BCUT2D eigenvalue weighted by Crippen LogP contribution is 2.20. The minimum Gasteiger partial charge on any atom is -0.491 e. The van der Waals surface area contributed by atoms with Crippen LogP contribution in [0.4, 0.5) is 5.69 Å². The molecule has 1 aliphatic heterocycles. The molecular formula is C14H22N2O2. The zero-order chi connectivity index (χ0) is 12.8. The molecule has 2 rings (SSSR count). The van der Waals surface area contributed by atoms with E-state index in [1.165, 1.54) is 0 Å². The van der Waals surface area contributed by atoms with Crippen LogP contribution in [-0.4, -0.2) is 44.4 Å². The number of nitrogen functional groups attached to an aromatic ring is 1. The highest BCUT2D eigenvalue weighted by molar-refractivity contribution is 5.51. The molecule has 100 valence electrons. The third-order valence-corrected chi connectivity index (χ3v) is 3.36. The van der Waals surface area contributed by atoms with E-state index >= 15 is 0 Å². The fraction of sp³-hybridized carbons (Fsp3) is 0.571. The van der Waals surface area contributed by atoms with Crippen molar-refractivity contribution in [3.05, 3.63) is 24.3 Å². The van der Waals surface area contributed by atoms with E-state index in [-0.39, 0.29) is 0 Å². The smallest absolute Gasteiger partial charge is 0.142 e. The van der Waals surface area contributed by atoms with E-state index < -0.39 is 0 Å². The number of methoxy groups -OCH3 is 1.